The smallest absolute Gasteiger partial charge is 0.176 e. The van der Waals surface area contributed by atoms with Crippen LogP contribution in [0, 0.1) is 0 Å². The number of Topliss-reactive ketones (excluding diaryl/α,β-unsaturated/α-hetero) is 1. The predicted octanol–water partition coefficient (Wildman–Crippen LogP) is 1.58. The zero-order chi connectivity index (χ0) is 11.8. The molecule has 3 nitrogen and oxygen atoms in total. The molecule has 0 spiro atoms. The summed E-state index contributed by atoms with van der Waals surface area (Å²) in [6, 6.07) is 0. The predicted molar refractivity (Wildman–Crippen MR) is 65.4 cm³/mol. The van der Waals surface area contributed by atoms with Gasteiger partial charge in [0.05, 0.1) is 19.8 Å². The number of nitrogens with zero attached hydrogens (tertiary/aromatic N) is 1. The SMILES string of the molecule is C=C/C(=C\C=C/C)C(=O)CN1CCOCC1. The molecule has 0 amide bonds. The van der Waals surface area contributed by atoms with Gasteiger partial charge in [-0.1, -0.05) is 30.9 Å². The third kappa shape index (κ3) is 4.13. The van der Waals surface area contributed by atoms with Crippen molar-refractivity contribution in [2.75, 3.05) is 32.8 Å². The van der Waals surface area contributed by atoms with Crippen molar-refractivity contribution in [3.63, 3.8) is 0 Å². The van der Waals surface area contributed by atoms with Gasteiger partial charge in [0.15, 0.2) is 5.78 Å². The van der Waals surface area contributed by atoms with Gasteiger partial charge < -0.3 is 4.74 Å². The molecule has 1 saturated heterocycles. The summed E-state index contributed by atoms with van der Waals surface area (Å²) in [5.74, 6) is 0.120. The molecule has 1 aliphatic heterocycles. The number of allylic oxidation sites excluding steroid dienone is 4. The minimum Gasteiger partial charge on any atom is -0.379 e. The molecule has 0 aromatic carbocycles. The number of ketones is 1. The van der Waals surface area contributed by atoms with Gasteiger partial charge >= 0.3 is 0 Å². The van der Waals surface area contributed by atoms with E-state index in [1.54, 1.807) is 12.2 Å². The summed E-state index contributed by atoms with van der Waals surface area (Å²) in [5.41, 5.74) is 0.671. The Balaban J connectivity index is 2.51. The highest BCUT2D eigenvalue weighted by atomic mass is 16.5. The van der Waals surface area contributed by atoms with E-state index in [2.05, 4.69) is 11.5 Å². The van der Waals surface area contributed by atoms with Gasteiger partial charge in [-0.25, -0.2) is 0 Å². The molecule has 1 heterocycles. The van der Waals surface area contributed by atoms with Gasteiger partial charge in [-0.3, -0.25) is 9.69 Å². The Bertz CT molecular complexity index is 299. The van der Waals surface area contributed by atoms with E-state index < -0.39 is 0 Å². The summed E-state index contributed by atoms with van der Waals surface area (Å²) in [7, 11) is 0. The summed E-state index contributed by atoms with van der Waals surface area (Å²) >= 11 is 0. The van der Waals surface area contributed by atoms with Crippen LogP contribution in [0.4, 0.5) is 0 Å². The Kier molecular flexibility index (Phi) is 5.75. The van der Waals surface area contributed by atoms with Crippen molar-refractivity contribution in [2.45, 2.75) is 6.92 Å². The molecule has 0 aliphatic carbocycles. The van der Waals surface area contributed by atoms with Gasteiger partial charge in [0.1, 0.15) is 0 Å². The van der Waals surface area contributed by atoms with E-state index in [9.17, 15) is 4.79 Å². The molecular weight excluding hydrogens is 202 g/mol. The number of morpholine rings is 1. The monoisotopic (exact) mass is 221 g/mol. The summed E-state index contributed by atoms with van der Waals surface area (Å²) in [6.45, 7) is 9.14. The van der Waals surface area contributed by atoms with Gasteiger partial charge in [0, 0.05) is 18.7 Å². The van der Waals surface area contributed by atoms with Crippen LogP contribution in [0.5, 0.6) is 0 Å². The highest BCUT2D eigenvalue weighted by molar-refractivity contribution is 5.99. The quantitative estimate of drug-likeness (QED) is 0.521. The molecule has 1 rings (SSSR count). The number of ether oxygens (including phenoxy) is 1. The van der Waals surface area contributed by atoms with Gasteiger partial charge in [0.2, 0.25) is 0 Å². The van der Waals surface area contributed by atoms with Crippen molar-refractivity contribution in [3.05, 3.63) is 36.5 Å². The molecule has 16 heavy (non-hydrogen) atoms. The minimum absolute atomic E-state index is 0.120. The molecule has 1 aliphatic rings. The van der Waals surface area contributed by atoms with Crippen molar-refractivity contribution in [1.82, 2.24) is 4.90 Å². The number of hydrogen-bond acceptors (Lipinski definition) is 3. The number of carbonyl (C=O) groups is 1. The highest BCUT2D eigenvalue weighted by Crippen LogP contribution is 2.03. The third-order valence-corrected chi connectivity index (χ3v) is 2.48. The fraction of sp³-hybridized carbons (Fsp3) is 0.462. The third-order valence-electron chi connectivity index (χ3n) is 2.48. The topological polar surface area (TPSA) is 29.5 Å². The molecule has 0 unspecified atom stereocenters. The number of carbonyl (C=O) groups excluding carboxylic acids is 1. The second-order valence-corrected chi connectivity index (χ2v) is 3.66. The standard InChI is InChI=1S/C13H19NO2/c1-3-5-6-12(4-2)13(15)11-14-7-9-16-10-8-14/h3-6H,2,7-11H2,1H3/b5-3-,12-6+. The highest BCUT2D eigenvalue weighted by Gasteiger charge is 2.15. The lowest BCUT2D eigenvalue weighted by Crippen LogP contribution is -2.39. The Hall–Kier alpha value is -1.19. The molecule has 0 N–H and O–H groups in total. The van der Waals surface area contributed by atoms with Crippen LogP contribution in [0.25, 0.3) is 0 Å². The van der Waals surface area contributed by atoms with Crippen LogP contribution in [0.2, 0.25) is 0 Å². The molecule has 1 fully saturated rings. The molecule has 0 aromatic rings. The first kappa shape index (κ1) is 12.9. The normalized spacial score (nSPS) is 18.9. The van der Waals surface area contributed by atoms with E-state index in [0.717, 1.165) is 26.3 Å². The van der Waals surface area contributed by atoms with Crippen molar-refractivity contribution in [3.8, 4) is 0 Å². The lowest BCUT2D eigenvalue weighted by Gasteiger charge is -2.25. The first-order chi connectivity index (χ1) is 7.77. The zero-order valence-electron chi connectivity index (χ0n) is 9.82. The first-order valence-corrected chi connectivity index (χ1v) is 5.56. The second kappa shape index (κ2) is 7.14. The lowest BCUT2D eigenvalue weighted by molar-refractivity contribution is -0.117. The molecule has 0 radical (unpaired) electrons. The maximum atomic E-state index is 11.9. The van der Waals surface area contributed by atoms with Gasteiger partial charge in [-0.05, 0) is 6.92 Å². The van der Waals surface area contributed by atoms with Gasteiger partial charge in [0.25, 0.3) is 0 Å². The Labute approximate surface area is 97.1 Å². The van der Waals surface area contributed by atoms with E-state index in [-0.39, 0.29) is 5.78 Å². The van der Waals surface area contributed by atoms with Gasteiger partial charge in [-0.15, -0.1) is 0 Å². The Morgan fingerprint density at radius 3 is 2.69 bits per heavy atom. The molecule has 88 valence electrons. The summed E-state index contributed by atoms with van der Waals surface area (Å²) in [4.78, 5) is 14.0. The number of hydrogen-bond donors (Lipinski definition) is 0. The van der Waals surface area contributed by atoms with E-state index in [1.165, 1.54) is 0 Å². The second-order valence-electron chi connectivity index (χ2n) is 3.66. The van der Waals surface area contributed by atoms with Crippen LogP contribution in [0.3, 0.4) is 0 Å². The summed E-state index contributed by atoms with van der Waals surface area (Å²) in [5, 5.41) is 0. The first-order valence-electron chi connectivity index (χ1n) is 5.56. The van der Waals surface area contributed by atoms with Crippen LogP contribution in [0.1, 0.15) is 6.92 Å². The van der Waals surface area contributed by atoms with E-state index in [1.807, 2.05) is 19.1 Å². The largest absolute Gasteiger partial charge is 0.379 e. The fourth-order valence-corrected chi connectivity index (χ4v) is 1.53. The zero-order valence-corrected chi connectivity index (χ0v) is 9.82. The number of rotatable bonds is 5. The van der Waals surface area contributed by atoms with E-state index >= 15 is 0 Å². The molecule has 3 heteroatoms. The van der Waals surface area contributed by atoms with Gasteiger partial charge in [-0.2, -0.15) is 0 Å². The minimum atomic E-state index is 0.120. The average Bonchev–Trinajstić information content (AvgIpc) is 2.31. The maximum absolute atomic E-state index is 11.9. The molecule has 0 bridgehead atoms. The van der Waals surface area contributed by atoms with Crippen molar-refractivity contribution >= 4 is 5.78 Å². The molecular formula is C13H19NO2. The molecule has 0 aromatic heterocycles. The Morgan fingerprint density at radius 2 is 2.12 bits per heavy atom. The average molecular weight is 221 g/mol. The van der Waals surface area contributed by atoms with Crippen LogP contribution in [0.15, 0.2) is 36.5 Å². The van der Waals surface area contributed by atoms with Crippen LogP contribution < -0.4 is 0 Å². The fourth-order valence-electron chi connectivity index (χ4n) is 1.53. The Morgan fingerprint density at radius 1 is 1.44 bits per heavy atom. The maximum Gasteiger partial charge on any atom is 0.176 e. The van der Waals surface area contributed by atoms with Crippen molar-refractivity contribution in [1.29, 1.82) is 0 Å². The van der Waals surface area contributed by atoms with E-state index in [0.29, 0.717) is 12.1 Å². The van der Waals surface area contributed by atoms with Crippen LogP contribution >= 0.6 is 0 Å². The lowest BCUT2D eigenvalue weighted by atomic mass is 10.1. The summed E-state index contributed by atoms with van der Waals surface area (Å²) < 4.78 is 5.23. The van der Waals surface area contributed by atoms with Crippen LogP contribution in [-0.4, -0.2) is 43.5 Å². The van der Waals surface area contributed by atoms with E-state index in [4.69, 9.17) is 4.74 Å². The van der Waals surface area contributed by atoms with Crippen molar-refractivity contribution in [2.24, 2.45) is 0 Å². The molecule has 0 atom stereocenters. The molecule has 0 saturated carbocycles. The van der Waals surface area contributed by atoms with Crippen molar-refractivity contribution < 1.29 is 9.53 Å². The summed E-state index contributed by atoms with van der Waals surface area (Å²) in [6.07, 6.45) is 7.16. The van der Waals surface area contributed by atoms with Crippen LogP contribution in [-0.2, 0) is 9.53 Å².